The lowest BCUT2D eigenvalue weighted by molar-refractivity contribution is 0.687. The maximum atomic E-state index is 5.88. The molecule has 1 aromatic carbocycles. The standard InChI is InChI=1S/C10H7Cl2N2/c11-9-3-2-8(6-10(9)12)7-14-5-1-4-13-14/h2-6H,7H2. The molecule has 0 N–H and O–H groups in total. The quantitative estimate of drug-likeness (QED) is 0.769. The van der Waals surface area contributed by atoms with E-state index in [2.05, 4.69) is 11.2 Å². The van der Waals surface area contributed by atoms with E-state index in [1.54, 1.807) is 23.1 Å². The number of nitrogens with zero attached hydrogens (tertiary/aromatic N) is 2. The second-order valence-corrected chi connectivity index (χ2v) is 3.70. The van der Waals surface area contributed by atoms with Crippen molar-refractivity contribution in [1.82, 2.24) is 9.78 Å². The molecular formula is C10H7Cl2N2. The number of benzene rings is 1. The molecule has 1 radical (unpaired) electrons. The summed E-state index contributed by atoms with van der Waals surface area (Å²) in [7, 11) is 0. The molecule has 0 aliphatic carbocycles. The van der Waals surface area contributed by atoms with Gasteiger partial charge >= 0.3 is 0 Å². The second kappa shape index (κ2) is 4.03. The first-order valence-corrected chi connectivity index (χ1v) is 4.84. The lowest BCUT2D eigenvalue weighted by atomic mass is 10.2. The van der Waals surface area contributed by atoms with Crippen LogP contribution in [-0.2, 0) is 6.54 Å². The van der Waals surface area contributed by atoms with Crippen molar-refractivity contribution >= 4 is 23.2 Å². The Kier molecular flexibility index (Phi) is 2.75. The largest absolute Gasteiger partial charge is 0.268 e. The summed E-state index contributed by atoms with van der Waals surface area (Å²) in [4.78, 5) is 0. The molecule has 14 heavy (non-hydrogen) atoms. The number of hydrogen-bond acceptors (Lipinski definition) is 1. The summed E-state index contributed by atoms with van der Waals surface area (Å²) in [6.07, 6.45) is 3.40. The average Bonchev–Trinajstić information content (AvgIpc) is 2.64. The summed E-state index contributed by atoms with van der Waals surface area (Å²) < 4.78 is 1.78. The van der Waals surface area contributed by atoms with Crippen molar-refractivity contribution in [2.24, 2.45) is 0 Å². The van der Waals surface area contributed by atoms with E-state index in [0.717, 1.165) is 5.56 Å². The summed E-state index contributed by atoms with van der Waals surface area (Å²) in [5.74, 6) is 0. The van der Waals surface area contributed by atoms with E-state index in [0.29, 0.717) is 16.6 Å². The third-order valence-corrected chi connectivity index (χ3v) is 2.57. The van der Waals surface area contributed by atoms with Gasteiger partial charge in [-0.2, -0.15) is 5.10 Å². The molecular weight excluding hydrogens is 219 g/mol. The highest BCUT2D eigenvalue weighted by Gasteiger charge is 2.00. The summed E-state index contributed by atoms with van der Waals surface area (Å²) in [6.45, 7) is 0.681. The molecule has 0 saturated carbocycles. The molecule has 0 amide bonds. The first kappa shape index (κ1) is 9.56. The fourth-order valence-corrected chi connectivity index (χ4v) is 1.49. The normalized spacial score (nSPS) is 10.4. The van der Waals surface area contributed by atoms with Crippen LogP contribution in [0.2, 0.25) is 10.0 Å². The maximum Gasteiger partial charge on any atom is 0.0660 e. The van der Waals surface area contributed by atoms with Crippen LogP contribution in [0.25, 0.3) is 0 Å². The van der Waals surface area contributed by atoms with E-state index in [-0.39, 0.29) is 0 Å². The van der Waals surface area contributed by atoms with Crippen molar-refractivity contribution in [3.8, 4) is 0 Å². The molecule has 0 bridgehead atoms. The Balaban J connectivity index is 2.22. The van der Waals surface area contributed by atoms with Gasteiger partial charge in [-0.1, -0.05) is 29.3 Å². The predicted molar refractivity (Wildman–Crippen MR) is 56.6 cm³/mol. The molecule has 0 atom stereocenters. The van der Waals surface area contributed by atoms with Crippen LogP contribution >= 0.6 is 23.2 Å². The Morgan fingerprint density at radius 3 is 2.79 bits per heavy atom. The highest BCUT2D eigenvalue weighted by Crippen LogP contribution is 2.22. The van der Waals surface area contributed by atoms with E-state index in [4.69, 9.17) is 23.2 Å². The van der Waals surface area contributed by atoms with Crippen molar-refractivity contribution < 1.29 is 0 Å². The SMILES string of the molecule is Clc1ccc(Cn2c[c]cn2)cc1Cl. The smallest absolute Gasteiger partial charge is 0.0660 e. The van der Waals surface area contributed by atoms with Gasteiger partial charge in [0, 0.05) is 12.3 Å². The van der Waals surface area contributed by atoms with Crippen LogP contribution in [-0.4, -0.2) is 9.78 Å². The Bertz CT molecular complexity index is 424. The van der Waals surface area contributed by atoms with Crippen LogP contribution < -0.4 is 0 Å². The Morgan fingerprint density at radius 1 is 1.29 bits per heavy atom. The zero-order chi connectivity index (χ0) is 9.97. The molecule has 0 saturated heterocycles. The third-order valence-electron chi connectivity index (χ3n) is 1.83. The summed E-state index contributed by atoms with van der Waals surface area (Å²) in [6, 6.07) is 8.42. The molecule has 0 aliphatic heterocycles. The van der Waals surface area contributed by atoms with E-state index in [1.165, 1.54) is 0 Å². The fraction of sp³-hybridized carbons (Fsp3) is 0.100. The van der Waals surface area contributed by atoms with Crippen LogP contribution in [0.15, 0.2) is 30.6 Å². The first-order chi connectivity index (χ1) is 6.75. The minimum absolute atomic E-state index is 0.570. The van der Waals surface area contributed by atoms with E-state index < -0.39 is 0 Å². The van der Waals surface area contributed by atoms with Crippen molar-refractivity contribution in [1.29, 1.82) is 0 Å². The van der Waals surface area contributed by atoms with Gasteiger partial charge in [0.15, 0.2) is 0 Å². The minimum Gasteiger partial charge on any atom is -0.268 e. The van der Waals surface area contributed by atoms with E-state index >= 15 is 0 Å². The number of aromatic nitrogens is 2. The molecule has 1 heterocycles. The van der Waals surface area contributed by atoms with E-state index in [1.807, 2.05) is 12.1 Å². The van der Waals surface area contributed by atoms with Crippen molar-refractivity contribution in [3.05, 3.63) is 52.3 Å². The van der Waals surface area contributed by atoms with Crippen LogP contribution in [0.4, 0.5) is 0 Å². The molecule has 1 aromatic heterocycles. The van der Waals surface area contributed by atoms with Gasteiger partial charge in [0.25, 0.3) is 0 Å². The summed E-state index contributed by atoms with van der Waals surface area (Å²) in [5, 5.41) is 5.19. The van der Waals surface area contributed by atoms with Gasteiger partial charge in [-0.05, 0) is 17.7 Å². The number of halogens is 2. The van der Waals surface area contributed by atoms with Gasteiger partial charge < -0.3 is 0 Å². The maximum absolute atomic E-state index is 5.88. The van der Waals surface area contributed by atoms with Crippen molar-refractivity contribution in [2.75, 3.05) is 0 Å². The van der Waals surface area contributed by atoms with Crippen LogP contribution in [0.1, 0.15) is 5.56 Å². The van der Waals surface area contributed by atoms with Crippen LogP contribution in [0.3, 0.4) is 0 Å². The van der Waals surface area contributed by atoms with Gasteiger partial charge in [0.05, 0.1) is 22.8 Å². The fourth-order valence-electron chi connectivity index (χ4n) is 1.17. The van der Waals surface area contributed by atoms with Crippen LogP contribution in [0.5, 0.6) is 0 Å². The lowest BCUT2D eigenvalue weighted by Gasteiger charge is -2.03. The molecule has 2 nitrogen and oxygen atoms in total. The highest BCUT2D eigenvalue weighted by atomic mass is 35.5. The Morgan fingerprint density at radius 2 is 2.14 bits per heavy atom. The molecule has 0 aliphatic rings. The Hall–Kier alpha value is -0.990. The van der Waals surface area contributed by atoms with Crippen molar-refractivity contribution in [2.45, 2.75) is 6.54 Å². The molecule has 0 fully saturated rings. The minimum atomic E-state index is 0.570. The zero-order valence-electron chi connectivity index (χ0n) is 7.24. The average molecular weight is 226 g/mol. The predicted octanol–water partition coefficient (Wildman–Crippen LogP) is 3.04. The third kappa shape index (κ3) is 2.08. The molecule has 4 heteroatoms. The Labute approximate surface area is 92.1 Å². The lowest BCUT2D eigenvalue weighted by Crippen LogP contribution is -1.99. The molecule has 0 spiro atoms. The van der Waals surface area contributed by atoms with Crippen molar-refractivity contribution in [3.63, 3.8) is 0 Å². The van der Waals surface area contributed by atoms with Crippen LogP contribution in [0, 0.1) is 6.07 Å². The summed E-state index contributed by atoms with van der Waals surface area (Å²) >= 11 is 11.7. The molecule has 2 aromatic rings. The number of hydrogen-bond donors (Lipinski definition) is 0. The number of rotatable bonds is 2. The highest BCUT2D eigenvalue weighted by molar-refractivity contribution is 6.42. The van der Waals surface area contributed by atoms with Gasteiger partial charge in [-0.25, -0.2) is 0 Å². The van der Waals surface area contributed by atoms with Gasteiger partial charge in [-0.15, -0.1) is 0 Å². The molecule has 71 valence electrons. The van der Waals surface area contributed by atoms with Gasteiger partial charge in [0.1, 0.15) is 0 Å². The van der Waals surface area contributed by atoms with Gasteiger partial charge in [-0.3, -0.25) is 4.68 Å². The first-order valence-electron chi connectivity index (χ1n) is 4.08. The second-order valence-electron chi connectivity index (χ2n) is 2.89. The topological polar surface area (TPSA) is 17.8 Å². The zero-order valence-corrected chi connectivity index (χ0v) is 8.76. The molecule has 0 unspecified atom stereocenters. The van der Waals surface area contributed by atoms with Gasteiger partial charge in [0.2, 0.25) is 0 Å². The monoisotopic (exact) mass is 225 g/mol. The summed E-state index contributed by atoms with van der Waals surface area (Å²) in [5.41, 5.74) is 1.07. The van der Waals surface area contributed by atoms with E-state index in [9.17, 15) is 0 Å². The molecule has 2 rings (SSSR count).